The molecule has 0 aliphatic heterocycles. The first kappa shape index (κ1) is 12.0. The summed E-state index contributed by atoms with van der Waals surface area (Å²) in [5.74, 6) is 6.28. The number of nitrogens with one attached hydrogen (secondary N) is 1. The molecule has 0 aliphatic carbocycles. The molecule has 3 N–H and O–H groups in total. The summed E-state index contributed by atoms with van der Waals surface area (Å²) in [6, 6.07) is -0.272. The van der Waals surface area contributed by atoms with Crippen LogP contribution in [-0.2, 0) is 6.54 Å². The SMILES string of the molecule is CCn1ncc(OC)c1C(NN)c1cnsn1. The van der Waals surface area contributed by atoms with Gasteiger partial charge in [0.05, 0.1) is 36.9 Å². The molecule has 1 unspecified atom stereocenters. The molecule has 0 saturated carbocycles. The number of nitrogens with two attached hydrogens (primary N) is 1. The first-order chi connectivity index (χ1) is 8.31. The van der Waals surface area contributed by atoms with Crippen molar-refractivity contribution in [2.24, 2.45) is 5.84 Å². The van der Waals surface area contributed by atoms with Gasteiger partial charge in [-0.1, -0.05) is 0 Å². The van der Waals surface area contributed by atoms with Crippen molar-refractivity contribution in [2.45, 2.75) is 19.5 Å². The summed E-state index contributed by atoms with van der Waals surface area (Å²) in [5, 5.41) is 4.24. The van der Waals surface area contributed by atoms with Gasteiger partial charge >= 0.3 is 0 Å². The molecule has 2 heterocycles. The summed E-state index contributed by atoms with van der Waals surface area (Å²) in [7, 11) is 1.60. The Bertz CT molecular complexity index is 446. The number of methoxy groups -OCH3 is 1. The lowest BCUT2D eigenvalue weighted by atomic mass is 10.1. The molecule has 2 aromatic heterocycles. The zero-order valence-electron chi connectivity index (χ0n) is 9.62. The van der Waals surface area contributed by atoms with Crippen molar-refractivity contribution >= 4 is 11.7 Å². The van der Waals surface area contributed by atoms with Crippen LogP contribution in [0.4, 0.5) is 0 Å². The fourth-order valence-corrected chi connectivity index (χ4v) is 2.13. The molecule has 0 aromatic carbocycles. The predicted molar refractivity (Wildman–Crippen MR) is 63.5 cm³/mol. The number of aromatic nitrogens is 4. The molecule has 0 bridgehead atoms. The summed E-state index contributed by atoms with van der Waals surface area (Å²) in [6.45, 7) is 2.73. The Hall–Kier alpha value is -1.51. The Morgan fingerprint density at radius 1 is 1.59 bits per heavy atom. The zero-order valence-corrected chi connectivity index (χ0v) is 10.4. The van der Waals surface area contributed by atoms with Crippen LogP contribution >= 0.6 is 11.7 Å². The van der Waals surface area contributed by atoms with Crippen LogP contribution in [-0.4, -0.2) is 25.6 Å². The van der Waals surface area contributed by atoms with Gasteiger partial charge in [-0.05, 0) is 6.92 Å². The highest BCUT2D eigenvalue weighted by atomic mass is 32.1. The number of nitrogens with zero attached hydrogens (tertiary/aromatic N) is 4. The van der Waals surface area contributed by atoms with Crippen molar-refractivity contribution < 1.29 is 4.74 Å². The van der Waals surface area contributed by atoms with E-state index in [0.717, 1.165) is 29.7 Å². The van der Waals surface area contributed by atoms with E-state index in [0.29, 0.717) is 5.75 Å². The van der Waals surface area contributed by atoms with Gasteiger partial charge in [0.1, 0.15) is 11.7 Å². The van der Waals surface area contributed by atoms with Gasteiger partial charge in [0, 0.05) is 6.54 Å². The molecule has 2 rings (SSSR count). The van der Waals surface area contributed by atoms with Crippen LogP contribution in [0.15, 0.2) is 12.4 Å². The number of hydrogen-bond donors (Lipinski definition) is 2. The maximum absolute atomic E-state index is 5.59. The normalized spacial score (nSPS) is 12.6. The quantitative estimate of drug-likeness (QED) is 0.589. The molecule has 0 saturated heterocycles. The minimum Gasteiger partial charge on any atom is -0.493 e. The largest absolute Gasteiger partial charge is 0.493 e. The smallest absolute Gasteiger partial charge is 0.162 e. The lowest BCUT2D eigenvalue weighted by Gasteiger charge is -2.16. The molecule has 0 fully saturated rings. The lowest BCUT2D eigenvalue weighted by Crippen LogP contribution is -2.31. The molecule has 0 radical (unpaired) electrons. The Morgan fingerprint density at radius 2 is 2.41 bits per heavy atom. The van der Waals surface area contributed by atoms with Crippen molar-refractivity contribution in [3.8, 4) is 5.75 Å². The van der Waals surface area contributed by atoms with Crippen molar-refractivity contribution in [3.05, 3.63) is 23.8 Å². The van der Waals surface area contributed by atoms with Gasteiger partial charge in [0.2, 0.25) is 0 Å². The molecule has 92 valence electrons. The van der Waals surface area contributed by atoms with Gasteiger partial charge in [0.15, 0.2) is 5.75 Å². The van der Waals surface area contributed by atoms with Gasteiger partial charge in [-0.25, -0.2) is 5.43 Å². The Balaban J connectivity index is 2.46. The number of aryl methyl sites for hydroxylation is 1. The summed E-state index contributed by atoms with van der Waals surface area (Å²) in [5.41, 5.74) is 4.33. The molecule has 1 atom stereocenters. The Labute approximate surface area is 103 Å². The molecule has 7 nitrogen and oxygen atoms in total. The van der Waals surface area contributed by atoms with Crippen LogP contribution in [0.2, 0.25) is 0 Å². The van der Waals surface area contributed by atoms with E-state index in [4.69, 9.17) is 10.6 Å². The van der Waals surface area contributed by atoms with Crippen molar-refractivity contribution in [1.82, 2.24) is 24.0 Å². The van der Waals surface area contributed by atoms with E-state index in [-0.39, 0.29) is 6.04 Å². The number of ether oxygens (including phenoxy) is 1. The van der Waals surface area contributed by atoms with E-state index in [1.54, 1.807) is 19.5 Å². The van der Waals surface area contributed by atoms with Crippen LogP contribution < -0.4 is 16.0 Å². The van der Waals surface area contributed by atoms with Gasteiger partial charge in [-0.2, -0.15) is 13.8 Å². The van der Waals surface area contributed by atoms with E-state index in [2.05, 4.69) is 19.3 Å². The topological polar surface area (TPSA) is 90.9 Å². The molecule has 0 amide bonds. The van der Waals surface area contributed by atoms with Crippen LogP contribution in [0, 0.1) is 0 Å². The highest BCUT2D eigenvalue weighted by Gasteiger charge is 2.24. The molecular formula is C9H14N6OS. The molecule has 17 heavy (non-hydrogen) atoms. The third-order valence-corrected chi connectivity index (χ3v) is 2.97. The minimum absolute atomic E-state index is 0.272. The lowest BCUT2D eigenvalue weighted by molar-refractivity contribution is 0.399. The fourth-order valence-electron chi connectivity index (χ4n) is 1.68. The first-order valence-electron chi connectivity index (χ1n) is 5.15. The first-order valence-corrected chi connectivity index (χ1v) is 5.88. The van der Waals surface area contributed by atoms with E-state index < -0.39 is 0 Å². The third-order valence-electron chi connectivity index (χ3n) is 2.48. The van der Waals surface area contributed by atoms with Crippen LogP contribution in [0.1, 0.15) is 24.4 Å². The van der Waals surface area contributed by atoms with Crippen LogP contribution in [0.3, 0.4) is 0 Å². The van der Waals surface area contributed by atoms with Gasteiger partial charge in [-0.3, -0.25) is 10.5 Å². The van der Waals surface area contributed by atoms with E-state index >= 15 is 0 Å². The number of hydrogen-bond acceptors (Lipinski definition) is 7. The Kier molecular flexibility index (Phi) is 3.67. The third kappa shape index (κ3) is 2.14. The average molecular weight is 254 g/mol. The monoisotopic (exact) mass is 254 g/mol. The van der Waals surface area contributed by atoms with Gasteiger partial charge in [0.25, 0.3) is 0 Å². The maximum atomic E-state index is 5.59. The summed E-state index contributed by atoms with van der Waals surface area (Å²) >= 11 is 1.14. The second-order valence-corrected chi connectivity index (χ2v) is 3.90. The predicted octanol–water partition coefficient (Wildman–Crippen LogP) is 0.316. The Morgan fingerprint density at radius 3 is 2.94 bits per heavy atom. The van der Waals surface area contributed by atoms with Crippen molar-refractivity contribution in [1.29, 1.82) is 0 Å². The minimum atomic E-state index is -0.272. The van der Waals surface area contributed by atoms with Crippen LogP contribution in [0.5, 0.6) is 5.75 Å². The van der Waals surface area contributed by atoms with E-state index in [1.807, 2.05) is 11.6 Å². The number of hydrazine groups is 1. The highest BCUT2D eigenvalue weighted by Crippen LogP contribution is 2.28. The molecule has 0 aliphatic rings. The van der Waals surface area contributed by atoms with E-state index in [1.165, 1.54) is 0 Å². The second-order valence-electron chi connectivity index (χ2n) is 3.35. The maximum Gasteiger partial charge on any atom is 0.162 e. The van der Waals surface area contributed by atoms with Crippen LogP contribution in [0.25, 0.3) is 0 Å². The standard InChI is InChI=1S/C9H14N6OS/c1-3-15-9(7(16-2)5-11-15)8(13-10)6-4-12-17-14-6/h4-5,8,13H,3,10H2,1-2H3. The molecule has 0 spiro atoms. The van der Waals surface area contributed by atoms with Crippen molar-refractivity contribution in [3.63, 3.8) is 0 Å². The van der Waals surface area contributed by atoms with Gasteiger partial charge in [-0.15, -0.1) is 0 Å². The average Bonchev–Trinajstić information content (AvgIpc) is 2.99. The van der Waals surface area contributed by atoms with E-state index in [9.17, 15) is 0 Å². The highest BCUT2D eigenvalue weighted by molar-refractivity contribution is 6.99. The summed E-state index contributed by atoms with van der Waals surface area (Å²) in [4.78, 5) is 0. The molecular weight excluding hydrogens is 240 g/mol. The van der Waals surface area contributed by atoms with Crippen molar-refractivity contribution in [2.75, 3.05) is 7.11 Å². The zero-order chi connectivity index (χ0) is 12.3. The fraction of sp³-hybridized carbons (Fsp3) is 0.444. The summed E-state index contributed by atoms with van der Waals surface area (Å²) in [6.07, 6.45) is 3.35. The summed E-state index contributed by atoms with van der Waals surface area (Å²) < 4.78 is 15.3. The molecule has 8 heteroatoms. The van der Waals surface area contributed by atoms with Gasteiger partial charge < -0.3 is 4.74 Å². The molecule has 2 aromatic rings. The second kappa shape index (κ2) is 5.21. The number of rotatable bonds is 5.